The van der Waals surface area contributed by atoms with E-state index in [9.17, 15) is 0 Å². The number of rotatable bonds is 7. The van der Waals surface area contributed by atoms with Crippen LogP contribution in [0.25, 0.3) is 0 Å². The molecule has 1 aromatic carbocycles. The average molecular weight is 233 g/mol. The third kappa shape index (κ3) is 3.21. The van der Waals surface area contributed by atoms with E-state index in [2.05, 4.69) is 51.1 Å². The fourth-order valence-corrected chi connectivity index (χ4v) is 8.21. The van der Waals surface area contributed by atoms with Crippen LogP contribution >= 0.6 is 0 Å². The summed E-state index contributed by atoms with van der Waals surface area (Å²) in [6, 6.07) is 16.5. The quantitative estimate of drug-likeness (QED) is 0.613. The Morgan fingerprint density at radius 3 is 1.88 bits per heavy atom. The van der Waals surface area contributed by atoms with Gasteiger partial charge in [0.15, 0.2) is 0 Å². The van der Waals surface area contributed by atoms with Crippen molar-refractivity contribution in [3.63, 3.8) is 0 Å². The van der Waals surface area contributed by atoms with Gasteiger partial charge in [0.25, 0.3) is 0 Å². The molecule has 0 unspecified atom stereocenters. The van der Waals surface area contributed by atoms with E-state index in [0.29, 0.717) is 0 Å². The first kappa shape index (κ1) is 13.5. The van der Waals surface area contributed by atoms with Gasteiger partial charge in [-0.05, 0) is 6.07 Å². The lowest BCUT2D eigenvalue weighted by Crippen LogP contribution is -2.47. The molecule has 1 radical (unpaired) electrons. The van der Waals surface area contributed by atoms with Gasteiger partial charge in [0.05, 0.1) is 8.07 Å². The van der Waals surface area contributed by atoms with Crippen LogP contribution in [0.2, 0.25) is 18.1 Å². The van der Waals surface area contributed by atoms with Crippen LogP contribution < -0.4 is 5.19 Å². The van der Waals surface area contributed by atoms with Crippen molar-refractivity contribution in [2.24, 2.45) is 0 Å². The monoisotopic (exact) mass is 233 g/mol. The number of hydrogen-bond acceptors (Lipinski definition) is 0. The minimum Gasteiger partial charge on any atom is -0.0656 e. The molecular weight excluding hydrogens is 208 g/mol. The Bertz CT molecular complexity index is 262. The van der Waals surface area contributed by atoms with Crippen molar-refractivity contribution in [2.45, 2.75) is 58.2 Å². The molecule has 0 spiro atoms. The largest absolute Gasteiger partial charge is 0.0875 e. The lowest BCUT2D eigenvalue weighted by molar-refractivity contribution is 0.937. The first-order valence-electron chi connectivity index (χ1n) is 6.76. The Kier molecular flexibility index (Phi) is 5.82. The highest BCUT2D eigenvalue weighted by molar-refractivity contribution is 6.91. The molecule has 0 saturated carbocycles. The maximum Gasteiger partial charge on any atom is 0.0875 e. The fraction of sp³-hybridized carbons (Fsp3) is 0.600. The molecule has 0 saturated heterocycles. The SMILES string of the molecule is CCC[Si](CCC)(CCC)c1[c]cccc1. The van der Waals surface area contributed by atoms with Crippen molar-refractivity contribution in [3.05, 3.63) is 30.3 Å². The Morgan fingerprint density at radius 2 is 1.50 bits per heavy atom. The molecule has 0 bridgehead atoms. The predicted molar refractivity (Wildman–Crippen MR) is 76.0 cm³/mol. The van der Waals surface area contributed by atoms with E-state index in [1.807, 2.05) is 0 Å². The van der Waals surface area contributed by atoms with Gasteiger partial charge in [-0.3, -0.25) is 0 Å². The maximum absolute atomic E-state index is 3.53. The molecule has 0 aliphatic rings. The van der Waals surface area contributed by atoms with Crippen LogP contribution in [0.15, 0.2) is 24.3 Å². The molecular formula is C15H25Si. The van der Waals surface area contributed by atoms with E-state index in [0.717, 1.165) is 0 Å². The van der Waals surface area contributed by atoms with Gasteiger partial charge in [0.2, 0.25) is 0 Å². The lowest BCUT2D eigenvalue weighted by Gasteiger charge is -2.31. The van der Waals surface area contributed by atoms with Crippen molar-refractivity contribution in [3.8, 4) is 0 Å². The van der Waals surface area contributed by atoms with E-state index in [1.165, 1.54) is 37.4 Å². The van der Waals surface area contributed by atoms with Crippen molar-refractivity contribution in [1.29, 1.82) is 0 Å². The highest BCUT2D eigenvalue weighted by Gasteiger charge is 2.31. The van der Waals surface area contributed by atoms with Gasteiger partial charge in [-0.2, -0.15) is 0 Å². The van der Waals surface area contributed by atoms with E-state index >= 15 is 0 Å². The molecule has 1 heteroatoms. The minimum atomic E-state index is -1.23. The molecule has 0 atom stereocenters. The van der Waals surface area contributed by atoms with Crippen LogP contribution in [0.5, 0.6) is 0 Å². The zero-order valence-corrected chi connectivity index (χ0v) is 12.1. The summed E-state index contributed by atoms with van der Waals surface area (Å²) in [7, 11) is -1.23. The summed E-state index contributed by atoms with van der Waals surface area (Å²) < 4.78 is 0. The first-order chi connectivity index (χ1) is 7.79. The van der Waals surface area contributed by atoms with Gasteiger partial charge >= 0.3 is 0 Å². The van der Waals surface area contributed by atoms with E-state index < -0.39 is 8.07 Å². The van der Waals surface area contributed by atoms with Crippen molar-refractivity contribution in [1.82, 2.24) is 0 Å². The highest BCUT2D eigenvalue weighted by Crippen LogP contribution is 2.25. The van der Waals surface area contributed by atoms with Gasteiger partial charge in [0, 0.05) is 0 Å². The number of benzene rings is 1. The molecule has 0 aliphatic carbocycles. The van der Waals surface area contributed by atoms with Crippen LogP contribution in [0.4, 0.5) is 0 Å². The summed E-state index contributed by atoms with van der Waals surface area (Å²) in [6.45, 7) is 6.99. The summed E-state index contributed by atoms with van der Waals surface area (Å²) in [6.07, 6.45) is 3.98. The topological polar surface area (TPSA) is 0 Å². The second kappa shape index (κ2) is 6.90. The zero-order chi connectivity index (χ0) is 11.9. The summed E-state index contributed by atoms with van der Waals surface area (Å²) in [5, 5.41) is 1.57. The molecule has 0 aliphatic heterocycles. The van der Waals surface area contributed by atoms with Gasteiger partial charge in [0.1, 0.15) is 0 Å². The minimum absolute atomic E-state index is 1.23. The first-order valence-corrected chi connectivity index (χ1v) is 9.38. The third-order valence-corrected chi connectivity index (χ3v) is 9.29. The molecule has 89 valence electrons. The fourth-order valence-electron chi connectivity index (χ4n) is 2.94. The second-order valence-corrected chi connectivity index (χ2v) is 9.41. The van der Waals surface area contributed by atoms with E-state index in [4.69, 9.17) is 0 Å². The van der Waals surface area contributed by atoms with Crippen molar-refractivity contribution < 1.29 is 0 Å². The Labute approximate surface area is 102 Å². The van der Waals surface area contributed by atoms with Crippen LogP contribution in [0.3, 0.4) is 0 Å². The van der Waals surface area contributed by atoms with Crippen molar-refractivity contribution >= 4 is 13.3 Å². The van der Waals surface area contributed by atoms with Gasteiger partial charge in [-0.1, -0.05) is 87.6 Å². The third-order valence-electron chi connectivity index (χ3n) is 3.47. The average Bonchev–Trinajstić information content (AvgIpc) is 2.31. The zero-order valence-electron chi connectivity index (χ0n) is 11.1. The molecule has 0 fully saturated rings. The standard InChI is InChI=1S/C15H25Si/c1-4-12-16(13-5-2,14-6-3)15-10-8-7-9-11-15/h7-10H,4-6,12-14H2,1-3H3. The van der Waals surface area contributed by atoms with Gasteiger partial charge in [-0.15, -0.1) is 0 Å². The molecule has 0 N–H and O–H groups in total. The Hall–Kier alpha value is -0.563. The van der Waals surface area contributed by atoms with E-state index in [1.54, 1.807) is 5.19 Å². The maximum atomic E-state index is 3.53. The van der Waals surface area contributed by atoms with Crippen molar-refractivity contribution in [2.75, 3.05) is 0 Å². The van der Waals surface area contributed by atoms with Crippen LogP contribution in [0.1, 0.15) is 40.0 Å². The molecule has 1 rings (SSSR count). The number of hydrogen-bond donors (Lipinski definition) is 0. The smallest absolute Gasteiger partial charge is 0.0656 e. The summed E-state index contributed by atoms with van der Waals surface area (Å²) in [5.74, 6) is 0. The van der Waals surface area contributed by atoms with Gasteiger partial charge in [-0.25, -0.2) is 0 Å². The highest BCUT2D eigenvalue weighted by atomic mass is 28.3. The van der Waals surface area contributed by atoms with Crippen LogP contribution in [-0.2, 0) is 0 Å². The predicted octanol–water partition coefficient (Wildman–Crippen LogP) is 4.37. The van der Waals surface area contributed by atoms with Gasteiger partial charge < -0.3 is 0 Å². The molecule has 0 heterocycles. The summed E-state index contributed by atoms with van der Waals surface area (Å²) >= 11 is 0. The summed E-state index contributed by atoms with van der Waals surface area (Å²) in [4.78, 5) is 0. The molecule has 0 aromatic heterocycles. The molecule has 16 heavy (non-hydrogen) atoms. The Morgan fingerprint density at radius 1 is 0.938 bits per heavy atom. The van der Waals surface area contributed by atoms with Crippen LogP contribution in [-0.4, -0.2) is 8.07 Å². The second-order valence-electron chi connectivity index (χ2n) is 4.81. The van der Waals surface area contributed by atoms with E-state index in [-0.39, 0.29) is 0 Å². The molecule has 0 nitrogen and oxygen atoms in total. The Balaban J connectivity index is 2.99. The molecule has 1 aromatic rings. The normalized spacial score (nSPS) is 11.7. The van der Waals surface area contributed by atoms with Crippen LogP contribution in [0, 0.1) is 6.07 Å². The lowest BCUT2D eigenvalue weighted by atomic mass is 10.4. The molecule has 0 amide bonds. The summed E-state index contributed by atoms with van der Waals surface area (Å²) in [5.41, 5.74) is 0.